The average molecular weight is 334 g/mol. The fourth-order valence-corrected chi connectivity index (χ4v) is 3.02. The van der Waals surface area contributed by atoms with Crippen molar-refractivity contribution in [3.8, 4) is 0 Å². The van der Waals surface area contributed by atoms with Gasteiger partial charge in [-0.2, -0.15) is 0 Å². The lowest BCUT2D eigenvalue weighted by molar-refractivity contribution is 0.0687. The fraction of sp³-hybridized carbons (Fsp3) is 0.294. The van der Waals surface area contributed by atoms with Crippen LogP contribution >= 0.6 is 11.6 Å². The summed E-state index contributed by atoms with van der Waals surface area (Å²) in [6.45, 7) is 2.81. The Balaban J connectivity index is 1.84. The van der Waals surface area contributed by atoms with Gasteiger partial charge in [-0.3, -0.25) is 4.79 Å². The van der Waals surface area contributed by atoms with Crippen molar-refractivity contribution in [2.45, 2.75) is 26.3 Å². The van der Waals surface area contributed by atoms with E-state index in [0.29, 0.717) is 30.3 Å². The summed E-state index contributed by atoms with van der Waals surface area (Å²) in [6, 6.07) is 6.96. The molecule has 0 aliphatic carbocycles. The number of carbonyl (C=O) groups excluding carboxylic acids is 1. The summed E-state index contributed by atoms with van der Waals surface area (Å²) in [5.41, 5.74) is 2.25. The van der Waals surface area contributed by atoms with Gasteiger partial charge in [0.05, 0.1) is 0 Å². The number of amides is 1. The molecule has 1 aliphatic heterocycles. The van der Waals surface area contributed by atoms with Gasteiger partial charge in [-0.1, -0.05) is 24.6 Å². The molecule has 23 heavy (non-hydrogen) atoms. The molecular weight excluding hydrogens is 318 g/mol. The summed E-state index contributed by atoms with van der Waals surface area (Å²) in [7, 11) is 0. The van der Waals surface area contributed by atoms with Crippen LogP contribution in [0.2, 0.25) is 5.02 Å². The fourth-order valence-electron chi connectivity index (χ4n) is 2.83. The van der Waals surface area contributed by atoms with Crippen molar-refractivity contribution in [3.63, 3.8) is 0 Å². The first-order valence-electron chi connectivity index (χ1n) is 7.42. The van der Waals surface area contributed by atoms with E-state index in [-0.39, 0.29) is 17.2 Å². The zero-order valence-corrected chi connectivity index (χ0v) is 13.4. The Morgan fingerprint density at radius 3 is 2.74 bits per heavy atom. The van der Waals surface area contributed by atoms with E-state index in [1.165, 1.54) is 6.07 Å². The van der Waals surface area contributed by atoms with Gasteiger partial charge < -0.3 is 14.4 Å². The molecule has 6 heteroatoms. The summed E-state index contributed by atoms with van der Waals surface area (Å²) in [4.78, 5) is 25.5. The lowest BCUT2D eigenvalue weighted by atomic mass is 10.00. The number of fused-ring (bicyclic) bond motifs is 1. The summed E-state index contributed by atoms with van der Waals surface area (Å²) < 4.78 is 5.45. The van der Waals surface area contributed by atoms with Gasteiger partial charge in [0.1, 0.15) is 11.3 Å². The number of carboxylic acids is 1. The third kappa shape index (κ3) is 2.97. The molecule has 0 atom stereocenters. The van der Waals surface area contributed by atoms with Crippen LogP contribution in [-0.4, -0.2) is 28.4 Å². The van der Waals surface area contributed by atoms with Crippen LogP contribution < -0.4 is 0 Å². The van der Waals surface area contributed by atoms with Crippen LogP contribution in [0.1, 0.15) is 44.7 Å². The van der Waals surface area contributed by atoms with Gasteiger partial charge in [-0.05, 0) is 29.7 Å². The number of rotatable bonds is 3. The second-order valence-corrected chi connectivity index (χ2v) is 5.93. The first-order chi connectivity index (χ1) is 11.0. The van der Waals surface area contributed by atoms with E-state index in [0.717, 1.165) is 17.5 Å². The second kappa shape index (κ2) is 6.08. The SMILES string of the molecule is CCc1oc(C(=O)N2CCc3cc(Cl)ccc3C2)cc1C(=O)O. The van der Waals surface area contributed by atoms with Crippen LogP contribution in [-0.2, 0) is 19.4 Å². The number of carboxylic acid groups (broad SMARTS) is 1. The van der Waals surface area contributed by atoms with Crippen molar-refractivity contribution in [2.75, 3.05) is 6.54 Å². The molecule has 0 saturated heterocycles. The van der Waals surface area contributed by atoms with Crippen LogP contribution in [0, 0.1) is 0 Å². The van der Waals surface area contributed by atoms with Gasteiger partial charge in [-0.15, -0.1) is 0 Å². The Bertz CT molecular complexity index is 781. The molecule has 0 spiro atoms. The number of hydrogen-bond donors (Lipinski definition) is 1. The van der Waals surface area contributed by atoms with Crippen molar-refractivity contribution in [3.05, 3.63) is 57.5 Å². The van der Waals surface area contributed by atoms with Crippen LogP contribution in [0.15, 0.2) is 28.7 Å². The Kier molecular flexibility index (Phi) is 4.13. The third-order valence-corrected chi connectivity index (χ3v) is 4.27. The van der Waals surface area contributed by atoms with Crippen molar-refractivity contribution in [1.82, 2.24) is 4.90 Å². The standard InChI is InChI=1S/C17H16ClNO4/c1-2-14-13(17(21)22)8-15(23-14)16(20)19-6-5-10-7-12(18)4-3-11(10)9-19/h3-4,7-8H,2,5-6,9H2,1H3,(H,21,22). The molecule has 0 fully saturated rings. The molecule has 2 aromatic rings. The lowest BCUT2D eigenvalue weighted by Crippen LogP contribution is -2.35. The van der Waals surface area contributed by atoms with Gasteiger partial charge in [0.25, 0.3) is 5.91 Å². The van der Waals surface area contributed by atoms with Crippen molar-refractivity contribution < 1.29 is 19.1 Å². The summed E-state index contributed by atoms with van der Waals surface area (Å²) >= 11 is 5.99. The normalized spacial score (nSPS) is 13.7. The molecule has 0 radical (unpaired) electrons. The molecule has 120 valence electrons. The molecule has 3 rings (SSSR count). The number of furan rings is 1. The van der Waals surface area contributed by atoms with E-state index in [1.54, 1.807) is 17.9 Å². The number of aromatic carboxylic acids is 1. The molecule has 1 aromatic carbocycles. The minimum atomic E-state index is -1.08. The highest BCUT2D eigenvalue weighted by molar-refractivity contribution is 6.30. The quantitative estimate of drug-likeness (QED) is 0.934. The first kappa shape index (κ1) is 15.6. The zero-order chi connectivity index (χ0) is 16.6. The highest BCUT2D eigenvalue weighted by Gasteiger charge is 2.26. The van der Waals surface area contributed by atoms with Crippen LogP contribution in [0.4, 0.5) is 0 Å². The zero-order valence-electron chi connectivity index (χ0n) is 12.6. The van der Waals surface area contributed by atoms with E-state index >= 15 is 0 Å². The molecule has 1 aromatic heterocycles. The highest BCUT2D eigenvalue weighted by atomic mass is 35.5. The number of carbonyl (C=O) groups is 2. The van der Waals surface area contributed by atoms with Gasteiger partial charge >= 0.3 is 5.97 Å². The van der Waals surface area contributed by atoms with Crippen molar-refractivity contribution in [1.29, 1.82) is 0 Å². The maximum atomic E-state index is 12.6. The molecule has 0 saturated carbocycles. The molecule has 5 nitrogen and oxygen atoms in total. The molecule has 2 heterocycles. The summed E-state index contributed by atoms with van der Waals surface area (Å²) in [5.74, 6) is -0.960. The Morgan fingerprint density at radius 1 is 1.30 bits per heavy atom. The monoisotopic (exact) mass is 333 g/mol. The van der Waals surface area contributed by atoms with Crippen molar-refractivity contribution in [2.24, 2.45) is 0 Å². The molecular formula is C17H16ClNO4. The molecule has 1 amide bonds. The maximum Gasteiger partial charge on any atom is 0.339 e. The van der Waals surface area contributed by atoms with Gasteiger partial charge in [-0.25, -0.2) is 4.79 Å². The smallest absolute Gasteiger partial charge is 0.339 e. The van der Waals surface area contributed by atoms with Crippen LogP contribution in [0.5, 0.6) is 0 Å². The van der Waals surface area contributed by atoms with Gasteiger partial charge in [0.2, 0.25) is 0 Å². The van der Waals surface area contributed by atoms with E-state index in [9.17, 15) is 9.59 Å². The van der Waals surface area contributed by atoms with Gasteiger partial charge in [0, 0.05) is 30.6 Å². The van der Waals surface area contributed by atoms with Crippen molar-refractivity contribution >= 4 is 23.5 Å². The Morgan fingerprint density at radius 2 is 2.09 bits per heavy atom. The molecule has 0 bridgehead atoms. The third-order valence-electron chi connectivity index (χ3n) is 4.04. The molecule has 1 aliphatic rings. The number of halogens is 1. The number of aryl methyl sites for hydroxylation is 1. The number of nitrogens with zero attached hydrogens (tertiary/aromatic N) is 1. The molecule has 1 N–H and O–H groups in total. The van der Waals surface area contributed by atoms with E-state index in [2.05, 4.69) is 0 Å². The van der Waals surface area contributed by atoms with Crippen LogP contribution in [0.25, 0.3) is 0 Å². The predicted molar refractivity (Wildman–Crippen MR) is 84.9 cm³/mol. The topological polar surface area (TPSA) is 70.8 Å². The predicted octanol–water partition coefficient (Wildman–Crippen LogP) is 3.39. The van der Waals surface area contributed by atoms with Crippen LogP contribution in [0.3, 0.4) is 0 Å². The first-order valence-corrected chi connectivity index (χ1v) is 7.80. The molecule has 0 unspecified atom stereocenters. The number of hydrogen-bond acceptors (Lipinski definition) is 3. The minimum Gasteiger partial charge on any atom is -0.478 e. The lowest BCUT2D eigenvalue weighted by Gasteiger charge is -2.28. The second-order valence-electron chi connectivity index (χ2n) is 5.50. The summed E-state index contributed by atoms with van der Waals surface area (Å²) in [6.07, 6.45) is 1.14. The number of benzene rings is 1. The van der Waals surface area contributed by atoms with E-state index in [4.69, 9.17) is 21.1 Å². The summed E-state index contributed by atoms with van der Waals surface area (Å²) in [5, 5.41) is 9.85. The highest BCUT2D eigenvalue weighted by Crippen LogP contribution is 2.25. The maximum absolute atomic E-state index is 12.6. The Hall–Kier alpha value is -2.27. The Labute approximate surface area is 138 Å². The average Bonchev–Trinajstić information content (AvgIpc) is 2.98. The van der Waals surface area contributed by atoms with E-state index < -0.39 is 5.97 Å². The minimum absolute atomic E-state index is 0.0556. The van der Waals surface area contributed by atoms with E-state index in [1.807, 2.05) is 12.1 Å². The largest absolute Gasteiger partial charge is 0.478 e. The van der Waals surface area contributed by atoms with Gasteiger partial charge in [0.15, 0.2) is 5.76 Å².